The van der Waals surface area contributed by atoms with E-state index in [2.05, 4.69) is 14.8 Å². The summed E-state index contributed by atoms with van der Waals surface area (Å²) < 4.78 is 2.03. The van der Waals surface area contributed by atoms with Crippen LogP contribution in [0.25, 0.3) is 0 Å². The SMILES string of the molecule is CN(C)CCN1C[C@H](C(=O)N2CCN(Cc3nccn3C)CC2)CC1=O. The molecule has 3 heterocycles. The number of nitrogens with zero attached hydrogens (tertiary/aromatic N) is 6. The molecule has 1 atom stereocenters. The lowest BCUT2D eigenvalue weighted by atomic mass is 10.1. The lowest BCUT2D eigenvalue weighted by Gasteiger charge is -2.35. The Balaban J connectivity index is 1.46. The van der Waals surface area contributed by atoms with Crippen LogP contribution in [-0.2, 0) is 23.2 Å². The fourth-order valence-electron chi connectivity index (χ4n) is 3.61. The Kier molecular flexibility index (Phi) is 5.93. The van der Waals surface area contributed by atoms with Crippen molar-refractivity contribution in [3.05, 3.63) is 18.2 Å². The number of hydrogen-bond acceptors (Lipinski definition) is 5. The van der Waals surface area contributed by atoms with Crippen molar-refractivity contribution < 1.29 is 9.59 Å². The highest BCUT2D eigenvalue weighted by Crippen LogP contribution is 2.21. The van der Waals surface area contributed by atoms with Crippen molar-refractivity contribution in [2.45, 2.75) is 13.0 Å². The van der Waals surface area contributed by atoms with E-state index in [-0.39, 0.29) is 17.7 Å². The van der Waals surface area contributed by atoms with Gasteiger partial charge in [0.25, 0.3) is 0 Å². The van der Waals surface area contributed by atoms with E-state index in [0.29, 0.717) is 19.5 Å². The Morgan fingerprint density at radius 1 is 1.27 bits per heavy atom. The van der Waals surface area contributed by atoms with Gasteiger partial charge in [0.1, 0.15) is 5.82 Å². The van der Waals surface area contributed by atoms with E-state index < -0.39 is 0 Å². The summed E-state index contributed by atoms with van der Waals surface area (Å²) in [7, 11) is 5.99. The third-order valence-corrected chi connectivity index (χ3v) is 5.35. The van der Waals surface area contributed by atoms with Gasteiger partial charge in [-0.15, -0.1) is 0 Å². The van der Waals surface area contributed by atoms with Gasteiger partial charge in [0.15, 0.2) is 0 Å². The zero-order chi connectivity index (χ0) is 18.7. The van der Waals surface area contributed by atoms with Gasteiger partial charge in [-0.1, -0.05) is 0 Å². The second kappa shape index (κ2) is 8.18. The van der Waals surface area contributed by atoms with Crippen molar-refractivity contribution in [3.63, 3.8) is 0 Å². The fourth-order valence-corrected chi connectivity index (χ4v) is 3.61. The van der Waals surface area contributed by atoms with Crippen LogP contribution in [0.3, 0.4) is 0 Å². The molecule has 0 N–H and O–H groups in total. The van der Waals surface area contributed by atoms with Crippen molar-refractivity contribution >= 4 is 11.8 Å². The molecule has 0 spiro atoms. The Hall–Kier alpha value is -1.93. The summed E-state index contributed by atoms with van der Waals surface area (Å²) in [6, 6.07) is 0. The standard InChI is InChI=1S/C18H30N6O2/c1-20(2)6-9-24-13-15(12-17(24)25)18(26)23-10-7-22(8-11-23)14-16-19-4-5-21(16)3/h4-5,15H,6-14H2,1-3H3/t15-/m1/s1. The molecule has 0 aromatic carbocycles. The van der Waals surface area contributed by atoms with E-state index in [1.807, 2.05) is 47.9 Å². The second-order valence-corrected chi connectivity index (χ2v) is 7.60. The van der Waals surface area contributed by atoms with Crippen LogP contribution in [0.5, 0.6) is 0 Å². The third kappa shape index (κ3) is 4.42. The van der Waals surface area contributed by atoms with Crippen molar-refractivity contribution in [1.82, 2.24) is 29.2 Å². The summed E-state index contributed by atoms with van der Waals surface area (Å²) in [5.41, 5.74) is 0. The number of hydrogen-bond donors (Lipinski definition) is 0. The van der Waals surface area contributed by atoms with Gasteiger partial charge in [0, 0.05) is 71.7 Å². The first-order valence-corrected chi connectivity index (χ1v) is 9.34. The van der Waals surface area contributed by atoms with Gasteiger partial charge in [-0.05, 0) is 14.1 Å². The predicted octanol–water partition coefficient (Wildman–Crippen LogP) is -0.526. The number of likely N-dealkylation sites (tertiary alicyclic amines) is 1. The largest absolute Gasteiger partial charge is 0.341 e. The normalized spacial score (nSPS) is 21.8. The number of carbonyl (C=O) groups is 2. The van der Waals surface area contributed by atoms with E-state index in [0.717, 1.165) is 45.1 Å². The number of amides is 2. The molecule has 0 unspecified atom stereocenters. The third-order valence-electron chi connectivity index (χ3n) is 5.35. The maximum absolute atomic E-state index is 12.8. The fraction of sp³-hybridized carbons (Fsp3) is 0.722. The second-order valence-electron chi connectivity index (χ2n) is 7.60. The number of carbonyl (C=O) groups excluding carboxylic acids is 2. The Labute approximate surface area is 155 Å². The highest BCUT2D eigenvalue weighted by Gasteiger charge is 2.37. The van der Waals surface area contributed by atoms with Crippen molar-refractivity contribution in [1.29, 1.82) is 0 Å². The number of aromatic nitrogens is 2. The lowest BCUT2D eigenvalue weighted by molar-refractivity contribution is -0.137. The number of likely N-dealkylation sites (N-methyl/N-ethyl adjacent to an activating group) is 1. The molecule has 0 aliphatic carbocycles. The van der Waals surface area contributed by atoms with Crippen LogP contribution in [-0.4, -0.2) is 101 Å². The van der Waals surface area contributed by atoms with Crippen LogP contribution in [0.2, 0.25) is 0 Å². The van der Waals surface area contributed by atoms with Crippen LogP contribution >= 0.6 is 0 Å². The molecule has 144 valence electrons. The molecule has 26 heavy (non-hydrogen) atoms. The zero-order valence-corrected chi connectivity index (χ0v) is 16.1. The van der Waals surface area contributed by atoms with E-state index in [1.165, 1.54) is 0 Å². The molecule has 8 nitrogen and oxygen atoms in total. The first kappa shape index (κ1) is 18.8. The molecule has 2 saturated heterocycles. The lowest BCUT2D eigenvalue weighted by Crippen LogP contribution is -2.50. The Morgan fingerprint density at radius 3 is 2.62 bits per heavy atom. The molecule has 8 heteroatoms. The molecule has 3 rings (SSSR count). The van der Waals surface area contributed by atoms with E-state index in [4.69, 9.17) is 0 Å². The molecule has 2 fully saturated rings. The van der Waals surface area contributed by atoms with Gasteiger partial charge in [0.2, 0.25) is 11.8 Å². The maximum Gasteiger partial charge on any atom is 0.228 e. The molecular formula is C18H30N6O2. The molecule has 0 saturated carbocycles. The maximum atomic E-state index is 12.8. The Morgan fingerprint density at radius 2 is 2.00 bits per heavy atom. The quantitative estimate of drug-likeness (QED) is 0.681. The molecule has 2 amide bonds. The molecule has 2 aliphatic rings. The minimum atomic E-state index is -0.175. The van der Waals surface area contributed by atoms with E-state index in [9.17, 15) is 9.59 Å². The average molecular weight is 362 g/mol. The average Bonchev–Trinajstić information content (AvgIpc) is 3.19. The molecule has 1 aromatic rings. The van der Waals surface area contributed by atoms with Crippen molar-refractivity contribution in [2.75, 3.05) is 59.9 Å². The minimum Gasteiger partial charge on any atom is -0.341 e. The monoisotopic (exact) mass is 362 g/mol. The highest BCUT2D eigenvalue weighted by molar-refractivity contribution is 5.89. The van der Waals surface area contributed by atoms with Crippen LogP contribution in [0.1, 0.15) is 12.2 Å². The van der Waals surface area contributed by atoms with Gasteiger partial charge in [0.05, 0.1) is 12.5 Å². The number of piperazine rings is 1. The van der Waals surface area contributed by atoms with Crippen molar-refractivity contribution in [2.24, 2.45) is 13.0 Å². The van der Waals surface area contributed by atoms with Gasteiger partial charge in [-0.2, -0.15) is 0 Å². The zero-order valence-electron chi connectivity index (χ0n) is 16.1. The minimum absolute atomic E-state index is 0.110. The van der Waals surface area contributed by atoms with Crippen molar-refractivity contribution in [3.8, 4) is 0 Å². The van der Waals surface area contributed by atoms with Crippen LogP contribution in [0.4, 0.5) is 0 Å². The number of rotatable bonds is 6. The summed E-state index contributed by atoms with van der Waals surface area (Å²) in [5, 5.41) is 0. The predicted molar refractivity (Wildman–Crippen MR) is 98.3 cm³/mol. The summed E-state index contributed by atoms with van der Waals surface area (Å²) in [4.78, 5) is 37.5. The number of imidazole rings is 1. The summed E-state index contributed by atoms with van der Waals surface area (Å²) in [6.45, 7) is 6.07. The highest BCUT2D eigenvalue weighted by atomic mass is 16.2. The first-order valence-electron chi connectivity index (χ1n) is 9.34. The van der Waals surface area contributed by atoms with Crippen LogP contribution < -0.4 is 0 Å². The molecule has 1 aromatic heterocycles. The molecular weight excluding hydrogens is 332 g/mol. The van der Waals surface area contributed by atoms with Gasteiger partial charge < -0.3 is 19.3 Å². The van der Waals surface area contributed by atoms with Gasteiger partial charge in [-0.3, -0.25) is 14.5 Å². The molecule has 0 bridgehead atoms. The summed E-state index contributed by atoms with van der Waals surface area (Å²) >= 11 is 0. The van der Waals surface area contributed by atoms with Crippen LogP contribution in [0, 0.1) is 5.92 Å². The Bertz CT molecular complexity index is 635. The number of aryl methyl sites for hydroxylation is 1. The van der Waals surface area contributed by atoms with E-state index in [1.54, 1.807) is 0 Å². The summed E-state index contributed by atoms with van der Waals surface area (Å²) in [6.07, 6.45) is 4.13. The van der Waals surface area contributed by atoms with Gasteiger partial charge >= 0.3 is 0 Å². The molecule has 2 aliphatic heterocycles. The van der Waals surface area contributed by atoms with Gasteiger partial charge in [-0.25, -0.2) is 4.98 Å². The molecule has 0 radical (unpaired) electrons. The topological polar surface area (TPSA) is 64.9 Å². The van der Waals surface area contributed by atoms with E-state index >= 15 is 0 Å². The first-order chi connectivity index (χ1) is 12.4. The smallest absolute Gasteiger partial charge is 0.228 e. The van der Waals surface area contributed by atoms with Crippen LogP contribution in [0.15, 0.2) is 12.4 Å². The summed E-state index contributed by atoms with van der Waals surface area (Å²) in [5.74, 6) is 1.12.